The smallest absolute Gasteiger partial charge is 0.406 e. The van der Waals surface area contributed by atoms with Gasteiger partial charge in [-0.15, -0.1) is 13.2 Å². The predicted octanol–water partition coefficient (Wildman–Crippen LogP) is 5.17. The molecule has 0 spiro atoms. The summed E-state index contributed by atoms with van der Waals surface area (Å²) in [5.41, 5.74) is -0.151. The molecule has 1 aliphatic carbocycles. The molecule has 1 N–H and O–H groups in total. The highest BCUT2D eigenvalue weighted by Crippen LogP contribution is 2.45. The summed E-state index contributed by atoms with van der Waals surface area (Å²) in [7, 11) is 0. The summed E-state index contributed by atoms with van der Waals surface area (Å²) in [5.74, 6) is -0.0174. The van der Waals surface area contributed by atoms with Crippen LogP contribution in [0.25, 0.3) is 0 Å². The van der Waals surface area contributed by atoms with Crippen LogP contribution >= 0.6 is 0 Å². The Morgan fingerprint density at radius 2 is 1.81 bits per heavy atom. The van der Waals surface area contributed by atoms with Gasteiger partial charge in [0, 0.05) is 18.5 Å². The van der Waals surface area contributed by atoms with Gasteiger partial charge in [-0.1, -0.05) is 25.5 Å². The van der Waals surface area contributed by atoms with Crippen molar-refractivity contribution in [3.63, 3.8) is 0 Å². The van der Waals surface area contributed by atoms with Gasteiger partial charge in [0.15, 0.2) is 0 Å². The number of ether oxygens (including phenoxy) is 1. The molecule has 2 unspecified atom stereocenters. The number of alkyl halides is 3. The van der Waals surface area contributed by atoms with Gasteiger partial charge >= 0.3 is 6.36 Å². The number of nitrogens with zero attached hydrogens (tertiary/aromatic N) is 2. The molecule has 2 saturated heterocycles. The third-order valence-electron chi connectivity index (χ3n) is 7.82. The lowest BCUT2D eigenvalue weighted by Crippen LogP contribution is -2.49. The van der Waals surface area contributed by atoms with E-state index in [2.05, 4.69) is 21.5 Å². The van der Waals surface area contributed by atoms with Gasteiger partial charge in [-0.2, -0.15) is 0 Å². The summed E-state index contributed by atoms with van der Waals surface area (Å²) in [5, 5.41) is 11.6. The van der Waals surface area contributed by atoms with E-state index in [-0.39, 0.29) is 11.7 Å². The molecule has 3 fully saturated rings. The molecule has 2 heterocycles. The zero-order valence-electron chi connectivity index (χ0n) is 19.1. The van der Waals surface area contributed by atoms with E-state index in [0.717, 1.165) is 37.9 Å². The molecule has 0 amide bonds. The molecule has 0 aromatic heterocycles. The number of benzene rings is 1. The molecule has 1 aromatic rings. The Hall–Kier alpha value is -1.31. The summed E-state index contributed by atoms with van der Waals surface area (Å²) < 4.78 is 42.5. The molecule has 2 aliphatic heterocycles. The van der Waals surface area contributed by atoms with Gasteiger partial charge in [-0.3, -0.25) is 0 Å². The molecule has 32 heavy (non-hydrogen) atoms. The van der Waals surface area contributed by atoms with Crippen molar-refractivity contribution in [3.8, 4) is 5.75 Å². The molecular formula is C25H37F3N2O2. The fraction of sp³-hybridized carbons (Fsp3) is 0.760. The van der Waals surface area contributed by atoms with Crippen LogP contribution in [0.4, 0.5) is 13.2 Å². The maximum atomic E-state index is 12.8. The summed E-state index contributed by atoms with van der Waals surface area (Å²) in [4.78, 5) is 5.05. The van der Waals surface area contributed by atoms with Crippen molar-refractivity contribution in [1.29, 1.82) is 0 Å². The summed E-state index contributed by atoms with van der Waals surface area (Å²) in [6.45, 7) is 7.17. The Bertz CT molecular complexity index is 745. The molecule has 4 nitrogen and oxygen atoms in total. The van der Waals surface area contributed by atoms with Crippen LogP contribution in [0, 0.1) is 5.92 Å². The molecule has 1 aromatic carbocycles. The van der Waals surface area contributed by atoms with E-state index >= 15 is 0 Å². The number of hydrogen-bond donors (Lipinski definition) is 1. The number of hydrogen-bond acceptors (Lipinski definition) is 4. The predicted molar refractivity (Wildman–Crippen MR) is 119 cm³/mol. The fourth-order valence-electron chi connectivity index (χ4n) is 6.14. The van der Waals surface area contributed by atoms with Crippen LogP contribution in [0.5, 0.6) is 5.75 Å². The van der Waals surface area contributed by atoms with Crippen LogP contribution < -0.4 is 4.74 Å². The average molecular weight is 455 g/mol. The van der Waals surface area contributed by atoms with Crippen LogP contribution in [-0.2, 0) is 0 Å². The van der Waals surface area contributed by atoms with E-state index in [9.17, 15) is 18.3 Å². The number of aliphatic hydroxyl groups is 1. The van der Waals surface area contributed by atoms with Crippen LogP contribution in [0.1, 0.15) is 69.8 Å². The van der Waals surface area contributed by atoms with Gasteiger partial charge in [0.25, 0.3) is 0 Å². The molecule has 0 bridgehead atoms. The average Bonchev–Trinajstić information content (AvgIpc) is 3.11. The van der Waals surface area contributed by atoms with E-state index in [1.54, 1.807) is 6.07 Å². The lowest BCUT2D eigenvalue weighted by molar-refractivity contribution is -0.274. The lowest BCUT2D eigenvalue weighted by Gasteiger charge is -2.43. The third kappa shape index (κ3) is 5.97. The molecule has 7 heteroatoms. The number of piperidine rings is 2. The van der Waals surface area contributed by atoms with E-state index in [1.165, 1.54) is 44.5 Å². The van der Waals surface area contributed by atoms with Crippen molar-refractivity contribution in [2.24, 2.45) is 5.92 Å². The highest BCUT2D eigenvalue weighted by atomic mass is 19.4. The highest BCUT2D eigenvalue weighted by Gasteiger charge is 2.44. The summed E-state index contributed by atoms with van der Waals surface area (Å²) in [6, 6.07) is 6.89. The third-order valence-corrected chi connectivity index (χ3v) is 7.82. The Kier molecular flexibility index (Phi) is 7.37. The van der Waals surface area contributed by atoms with Crippen molar-refractivity contribution in [2.75, 3.05) is 32.7 Å². The number of likely N-dealkylation sites (tertiary alicyclic amines) is 2. The van der Waals surface area contributed by atoms with E-state index in [4.69, 9.17) is 0 Å². The zero-order chi connectivity index (χ0) is 22.8. The molecular weight excluding hydrogens is 417 g/mol. The molecule has 4 rings (SSSR count). The van der Waals surface area contributed by atoms with Gasteiger partial charge in [0.05, 0.1) is 5.60 Å². The maximum absolute atomic E-state index is 12.8. The van der Waals surface area contributed by atoms with Gasteiger partial charge in [0.2, 0.25) is 0 Å². The van der Waals surface area contributed by atoms with Crippen LogP contribution in [-0.4, -0.2) is 65.6 Å². The van der Waals surface area contributed by atoms with Crippen LogP contribution in [0.3, 0.4) is 0 Å². The maximum Gasteiger partial charge on any atom is 0.573 e. The first-order valence-electron chi connectivity index (χ1n) is 12.3. The van der Waals surface area contributed by atoms with E-state index in [0.29, 0.717) is 31.3 Å². The van der Waals surface area contributed by atoms with Gasteiger partial charge in [0.1, 0.15) is 5.75 Å². The van der Waals surface area contributed by atoms with Gasteiger partial charge < -0.3 is 19.6 Å². The van der Waals surface area contributed by atoms with Crippen molar-refractivity contribution < 1.29 is 23.0 Å². The number of halogens is 3. The number of rotatable bonds is 6. The highest BCUT2D eigenvalue weighted by molar-refractivity contribution is 5.33. The van der Waals surface area contributed by atoms with Crippen molar-refractivity contribution in [2.45, 2.75) is 82.2 Å². The minimum absolute atomic E-state index is 0.210. The Morgan fingerprint density at radius 1 is 1.09 bits per heavy atom. The fourth-order valence-corrected chi connectivity index (χ4v) is 6.14. The molecule has 0 radical (unpaired) electrons. The largest absolute Gasteiger partial charge is 0.573 e. The Labute approximate surface area is 189 Å². The standard InChI is InChI=1S/C25H37F3N2O2/c1-19-8-11-24(31,17-19)23(20-6-5-7-22(16-20)32-25(26,27)28)18-29-14-9-21(10-15-29)30-12-3-2-4-13-30/h5-7,16,19,21,23,31H,2-4,8-15,17-18H2,1H3/t19-,23?,24?/m1/s1. The Balaban J connectivity index is 1.47. The quantitative estimate of drug-likeness (QED) is 0.643. The van der Waals surface area contributed by atoms with Gasteiger partial charge in [-0.05, 0) is 94.7 Å². The molecule has 3 atom stereocenters. The molecule has 180 valence electrons. The normalized spacial score (nSPS) is 29.8. The van der Waals surface area contributed by atoms with Crippen molar-refractivity contribution in [3.05, 3.63) is 29.8 Å². The zero-order valence-corrected chi connectivity index (χ0v) is 19.1. The second kappa shape index (κ2) is 9.90. The second-order valence-corrected chi connectivity index (χ2v) is 10.3. The first-order valence-corrected chi connectivity index (χ1v) is 12.3. The molecule has 3 aliphatic rings. The SMILES string of the molecule is C[C@@H]1CCC(O)(C(CN2CCC(N3CCCCC3)CC2)c2cccc(OC(F)(F)F)c2)C1. The molecule has 1 saturated carbocycles. The van der Waals surface area contributed by atoms with Crippen LogP contribution in [0.2, 0.25) is 0 Å². The van der Waals surface area contributed by atoms with E-state index < -0.39 is 12.0 Å². The van der Waals surface area contributed by atoms with E-state index in [1.807, 2.05) is 6.07 Å². The minimum atomic E-state index is -4.72. The summed E-state index contributed by atoms with van der Waals surface area (Å²) >= 11 is 0. The lowest BCUT2D eigenvalue weighted by atomic mass is 9.79. The first kappa shape index (κ1) is 23.8. The minimum Gasteiger partial charge on any atom is -0.406 e. The van der Waals surface area contributed by atoms with Crippen molar-refractivity contribution in [1.82, 2.24) is 9.80 Å². The monoisotopic (exact) mass is 454 g/mol. The second-order valence-electron chi connectivity index (χ2n) is 10.3. The summed E-state index contributed by atoms with van der Waals surface area (Å²) in [6.07, 6.45) is 3.78. The van der Waals surface area contributed by atoms with Crippen molar-refractivity contribution >= 4 is 0 Å². The topological polar surface area (TPSA) is 35.9 Å². The first-order chi connectivity index (χ1) is 15.2. The van der Waals surface area contributed by atoms with Gasteiger partial charge in [-0.25, -0.2) is 0 Å². The van der Waals surface area contributed by atoms with Crippen LogP contribution in [0.15, 0.2) is 24.3 Å². The Morgan fingerprint density at radius 3 is 2.44 bits per heavy atom.